The Kier molecular flexibility index (Phi) is 3.78. The van der Waals surface area contributed by atoms with E-state index in [9.17, 15) is 4.79 Å². The van der Waals surface area contributed by atoms with Crippen molar-refractivity contribution in [3.63, 3.8) is 0 Å². The van der Waals surface area contributed by atoms with Crippen molar-refractivity contribution in [3.8, 4) is 11.5 Å². The van der Waals surface area contributed by atoms with E-state index >= 15 is 0 Å². The predicted octanol–water partition coefficient (Wildman–Crippen LogP) is 3.69. The molecule has 0 bridgehead atoms. The number of benzene rings is 2. The second kappa shape index (κ2) is 5.58. The highest BCUT2D eigenvalue weighted by molar-refractivity contribution is 9.10. The minimum Gasteiger partial charge on any atom is -0.486 e. The SMILES string of the molecule is Nc1c(Cl)cccc1C(=O)c1cc2c(cc1Br)OCCO2. The Morgan fingerprint density at radius 2 is 1.81 bits per heavy atom. The molecule has 1 aliphatic rings. The molecule has 21 heavy (non-hydrogen) atoms. The molecule has 0 saturated heterocycles. The Balaban J connectivity index is 2.07. The van der Waals surface area contributed by atoms with Crippen molar-refractivity contribution in [2.75, 3.05) is 18.9 Å². The summed E-state index contributed by atoms with van der Waals surface area (Å²) in [6.07, 6.45) is 0. The summed E-state index contributed by atoms with van der Waals surface area (Å²) in [7, 11) is 0. The van der Waals surface area contributed by atoms with Crippen LogP contribution in [-0.2, 0) is 0 Å². The van der Waals surface area contributed by atoms with Crippen LogP contribution in [0.5, 0.6) is 11.5 Å². The van der Waals surface area contributed by atoms with Crippen LogP contribution < -0.4 is 15.2 Å². The van der Waals surface area contributed by atoms with Gasteiger partial charge in [-0.05, 0) is 40.2 Å². The zero-order valence-electron chi connectivity index (χ0n) is 10.9. The lowest BCUT2D eigenvalue weighted by Gasteiger charge is -2.19. The summed E-state index contributed by atoms with van der Waals surface area (Å²) in [6.45, 7) is 0.954. The van der Waals surface area contributed by atoms with Crippen LogP contribution in [0.25, 0.3) is 0 Å². The topological polar surface area (TPSA) is 61.6 Å². The highest BCUT2D eigenvalue weighted by Crippen LogP contribution is 2.37. The molecule has 0 atom stereocenters. The second-order valence-corrected chi connectivity index (χ2v) is 5.77. The molecule has 4 nitrogen and oxygen atoms in total. The minimum atomic E-state index is -0.223. The van der Waals surface area contributed by atoms with Gasteiger partial charge in [-0.1, -0.05) is 17.7 Å². The van der Waals surface area contributed by atoms with E-state index in [1.165, 1.54) is 0 Å². The normalized spacial score (nSPS) is 13.0. The molecule has 2 aromatic rings. The first-order chi connectivity index (χ1) is 10.1. The third kappa shape index (κ3) is 2.59. The van der Waals surface area contributed by atoms with Crippen molar-refractivity contribution < 1.29 is 14.3 Å². The summed E-state index contributed by atoms with van der Waals surface area (Å²) >= 11 is 9.35. The first kappa shape index (κ1) is 14.2. The van der Waals surface area contributed by atoms with E-state index in [1.54, 1.807) is 30.3 Å². The van der Waals surface area contributed by atoms with Gasteiger partial charge in [0.05, 0.1) is 10.7 Å². The molecule has 2 aromatic carbocycles. The number of rotatable bonds is 2. The smallest absolute Gasteiger partial charge is 0.196 e. The summed E-state index contributed by atoms with van der Waals surface area (Å²) in [5, 5.41) is 0.356. The first-order valence-corrected chi connectivity index (χ1v) is 7.43. The second-order valence-electron chi connectivity index (χ2n) is 4.51. The van der Waals surface area contributed by atoms with Gasteiger partial charge in [-0.2, -0.15) is 0 Å². The van der Waals surface area contributed by atoms with Crippen molar-refractivity contribution in [3.05, 3.63) is 51.0 Å². The number of anilines is 1. The van der Waals surface area contributed by atoms with Crippen LogP contribution in [0.2, 0.25) is 5.02 Å². The molecule has 0 saturated carbocycles. The molecule has 1 aliphatic heterocycles. The van der Waals surface area contributed by atoms with Gasteiger partial charge in [-0.15, -0.1) is 0 Å². The molecule has 2 N–H and O–H groups in total. The lowest BCUT2D eigenvalue weighted by molar-refractivity contribution is 0.103. The fourth-order valence-corrected chi connectivity index (χ4v) is 2.80. The summed E-state index contributed by atoms with van der Waals surface area (Å²) in [4.78, 5) is 12.7. The molecule has 108 valence electrons. The van der Waals surface area contributed by atoms with E-state index in [4.69, 9.17) is 26.8 Å². The maximum atomic E-state index is 12.7. The van der Waals surface area contributed by atoms with Crippen molar-refractivity contribution in [2.45, 2.75) is 0 Å². The molecule has 0 unspecified atom stereocenters. The molecule has 0 aliphatic carbocycles. The summed E-state index contributed by atoms with van der Waals surface area (Å²) in [5.74, 6) is 0.941. The van der Waals surface area contributed by atoms with Crippen LogP contribution in [-0.4, -0.2) is 19.0 Å². The Labute approximate surface area is 134 Å². The summed E-state index contributed by atoms with van der Waals surface area (Å²) < 4.78 is 11.6. The van der Waals surface area contributed by atoms with Gasteiger partial charge >= 0.3 is 0 Å². The third-order valence-corrected chi connectivity index (χ3v) is 4.16. The number of nitrogen functional groups attached to an aromatic ring is 1. The molecule has 1 heterocycles. The Morgan fingerprint density at radius 1 is 1.14 bits per heavy atom. The van der Waals surface area contributed by atoms with Crippen LogP contribution >= 0.6 is 27.5 Å². The Hall–Kier alpha value is -1.72. The number of halogens is 2. The quantitative estimate of drug-likeness (QED) is 0.649. The molecule has 0 amide bonds. The number of fused-ring (bicyclic) bond motifs is 1. The van der Waals surface area contributed by atoms with E-state index in [1.807, 2.05) is 0 Å². The van der Waals surface area contributed by atoms with Gasteiger partial charge in [-0.25, -0.2) is 0 Å². The molecule has 0 radical (unpaired) electrons. The number of carbonyl (C=O) groups is 1. The van der Waals surface area contributed by atoms with Gasteiger partial charge in [-0.3, -0.25) is 4.79 Å². The van der Waals surface area contributed by atoms with Gasteiger partial charge in [0.15, 0.2) is 17.3 Å². The average molecular weight is 369 g/mol. The molecule has 0 fully saturated rings. The maximum Gasteiger partial charge on any atom is 0.196 e. The zero-order valence-corrected chi connectivity index (χ0v) is 13.2. The van der Waals surface area contributed by atoms with Crippen LogP contribution in [0.15, 0.2) is 34.8 Å². The van der Waals surface area contributed by atoms with Crippen LogP contribution in [0.4, 0.5) is 5.69 Å². The van der Waals surface area contributed by atoms with Crippen molar-refractivity contribution in [1.29, 1.82) is 0 Å². The predicted molar refractivity (Wildman–Crippen MR) is 84.4 cm³/mol. The van der Waals surface area contributed by atoms with Crippen LogP contribution in [0.1, 0.15) is 15.9 Å². The van der Waals surface area contributed by atoms with E-state index in [0.717, 1.165) is 0 Å². The van der Waals surface area contributed by atoms with E-state index in [0.29, 0.717) is 45.3 Å². The van der Waals surface area contributed by atoms with Gasteiger partial charge in [0.25, 0.3) is 0 Å². The van der Waals surface area contributed by atoms with E-state index in [-0.39, 0.29) is 11.5 Å². The monoisotopic (exact) mass is 367 g/mol. The van der Waals surface area contributed by atoms with Crippen molar-refractivity contribution in [2.24, 2.45) is 0 Å². The zero-order chi connectivity index (χ0) is 15.0. The van der Waals surface area contributed by atoms with Crippen molar-refractivity contribution >= 4 is 39.0 Å². The van der Waals surface area contributed by atoms with Crippen molar-refractivity contribution in [1.82, 2.24) is 0 Å². The number of hydrogen-bond donors (Lipinski definition) is 1. The van der Waals surface area contributed by atoms with Crippen LogP contribution in [0, 0.1) is 0 Å². The van der Waals surface area contributed by atoms with Gasteiger partial charge in [0, 0.05) is 15.6 Å². The standard InChI is InChI=1S/C15H11BrClNO3/c16-10-7-13-12(20-4-5-21-13)6-9(10)15(19)8-2-1-3-11(17)14(8)18/h1-3,6-7H,4-5,18H2. The fraction of sp³-hybridized carbons (Fsp3) is 0.133. The largest absolute Gasteiger partial charge is 0.486 e. The number of carbonyl (C=O) groups excluding carboxylic acids is 1. The molecule has 3 rings (SSSR count). The molecule has 0 aromatic heterocycles. The molecule has 6 heteroatoms. The number of ether oxygens (including phenoxy) is 2. The highest BCUT2D eigenvalue weighted by Gasteiger charge is 2.21. The lowest BCUT2D eigenvalue weighted by atomic mass is 10.0. The molecule has 0 spiro atoms. The number of para-hydroxylation sites is 1. The minimum absolute atomic E-state index is 0.223. The number of nitrogens with two attached hydrogens (primary N) is 1. The molecular formula is C15H11BrClNO3. The summed E-state index contributed by atoms with van der Waals surface area (Å²) in [6, 6.07) is 8.36. The van der Waals surface area contributed by atoms with E-state index < -0.39 is 0 Å². The van der Waals surface area contributed by atoms with Gasteiger partial charge in [0.2, 0.25) is 0 Å². The average Bonchev–Trinajstić information content (AvgIpc) is 2.48. The highest BCUT2D eigenvalue weighted by atomic mass is 79.9. The van der Waals surface area contributed by atoms with E-state index in [2.05, 4.69) is 15.9 Å². The lowest BCUT2D eigenvalue weighted by Crippen LogP contribution is -2.16. The fourth-order valence-electron chi connectivity index (χ4n) is 2.12. The van der Waals surface area contributed by atoms with Crippen LogP contribution in [0.3, 0.4) is 0 Å². The van der Waals surface area contributed by atoms with Gasteiger partial charge < -0.3 is 15.2 Å². The Bertz CT molecular complexity index is 733. The molecular weight excluding hydrogens is 358 g/mol. The first-order valence-electron chi connectivity index (χ1n) is 6.26. The third-order valence-electron chi connectivity index (χ3n) is 3.17. The summed E-state index contributed by atoms with van der Waals surface area (Å²) in [5.41, 5.74) is 6.97. The number of ketones is 1. The maximum absolute atomic E-state index is 12.7. The Morgan fingerprint density at radius 3 is 2.52 bits per heavy atom. The number of hydrogen-bond acceptors (Lipinski definition) is 4. The van der Waals surface area contributed by atoms with Gasteiger partial charge in [0.1, 0.15) is 13.2 Å².